The molecule has 0 radical (unpaired) electrons. The zero-order valence-electron chi connectivity index (χ0n) is 12.3. The number of rotatable bonds is 2. The van der Waals surface area contributed by atoms with Crippen LogP contribution in [0.3, 0.4) is 0 Å². The summed E-state index contributed by atoms with van der Waals surface area (Å²) in [7, 11) is 0. The Labute approximate surface area is 121 Å². The van der Waals surface area contributed by atoms with Crippen molar-refractivity contribution < 1.29 is 4.79 Å². The molecule has 0 bridgehead atoms. The molecule has 1 aromatic carbocycles. The molecule has 2 atom stereocenters. The van der Waals surface area contributed by atoms with Crippen molar-refractivity contribution in [3.63, 3.8) is 0 Å². The van der Waals surface area contributed by atoms with Gasteiger partial charge in [-0.25, -0.2) is 0 Å². The molecule has 1 fully saturated rings. The first-order valence-electron chi connectivity index (χ1n) is 7.83. The highest BCUT2D eigenvalue weighted by atomic mass is 16.2. The van der Waals surface area contributed by atoms with Crippen LogP contribution in [0.2, 0.25) is 0 Å². The highest BCUT2D eigenvalue weighted by molar-refractivity contribution is 5.77. The number of aryl methyl sites for hydroxylation is 1. The minimum Gasteiger partial charge on any atom is -0.340 e. The maximum absolute atomic E-state index is 12.5. The van der Waals surface area contributed by atoms with Crippen molar-refractivity contribution >= 4 is 5.91 Å². The molecule has 1 aliphatic heterocycles. The molecule has 1 N–H and O–H groups in total. The summed E-state index contributed by atoms with van der Waals surface area (Å²) in [6.45, 7) is 4.79. The molecule has 1 aliphatic carbocycles. The Morgan fingerprint density at radius 2 is 2.25 bits per heavy atom. The Bertz CT molecular complexity index is 486. The van der Waals surface area contributed by atoms with E-state index in [1.807, 2.05) is 4.90 Å². The van der Waals surface area contributed by atoms with Crippen LogP contribution in [0.25, 0.3) is 0 Å². The Morgan fingerprint density at radius 1 is 1.40 bits per heavy atom. The lowest BCUT2D eigenvalue weighted by molar-refractivity contribution is -0.132. The molecule has 1 aromatic rings. The third-order valence-electron chi connectivity index (χ3n) is 4.64. The van der Waals surface area contributed by atoms with Crippen molar-refractivity contribution in [2.24, 2.45) is 0 Å². The largest absolute Gasteiger partial charge is 0.340 e. The average molecular weight is 272 g/mol. The van der Waals surface area contributed by atoms with Gasteiger partial charge in [0.25, 0.3) is 0 Å². The van der Waals surface area contributed by atoms with E-state index < -0.39 is 0 Å². The molecule has 1 amide bonds. The summed E-state index contributed by atoms with van der Waals surface area (Å²) >= 11 is 0. The van der Waals surface area contributed by atoms with Crippen LogP contribution < -0.4 is 5.32 Å². The molecule has 2 unspecified atom stereocenters. The van der Waals surface area contributed by atoms with Crippen LogP contribution in [0.5, 0.6) is 0 Å². The van der Waals surface area contributed by atoms with E-state index in [0.29, 0.717) is 24.3 Å². The molecular weight excluding hydrogens is 248 g/mol. The Hall–Kier alpha value is -1.35. The van der Waals surface area contributed by atoms with Crippen LogP contribution >= 0.6 is 0 Å². The number of carbonyl (C=O) groups is 1. The van der Waals surface area contributed by atoms with Gasteiger partial charge in [0.15, 0.2) is 0 Å². The molecule has 3 nitrogen and oxygen atoms in total. The van der Waals surface area contributed by atoms with Crippen molar-refractivity contribution in [1.82, 2.24) is 10.2 Å². The number of piperazine rings is 1. The van der Waals surface area contributed by atoms with Gasteiger partial charge in [-0.15, -0.1) is 0 Å². The van der Waals surface area contributed by atoms with Gasteiger partial charge in [-0.05, 0) is 43.2 Å². The molecular formula is C17H24N2O. The van der Waals surface area contributed by atoms with Crippen LogP contribution in [0.1, 0.15) is 43.2 Å². The minimum atomic E-state index is 0.333. The first-order chi connectivity index (χ1) is 9.74. The fourth-order valence-electron chi connectivity index (χ4n) is 3.57. The summed E-state index contributed by atoms with van der Waals surface area (Å²) < 4.78 is 0. The van der Waals surface area contributed by atoms with Crippen LogP contribution in [0.4, 0.5) is 0 Å². The van der Waals surface area contributed by atoms with Crippen molar-refractivity contribution in [3.8, 4) is 0 Å². The van der Waals surface area contributed by atoms with Crippen LogP contribution in [-0.4, -0.2) is 36.5 Å². The first kappa shape index (κ1) is 13.6. The van der Waals surface area contributed by atoms with Gasteiger partial charge in [0, 0.05) is 32.1 Å². The summed E-state index contributed by atoms with van der Waals surface area (Å²) in [5.74, 6) is 0.762. The molecule has 0 spiro atoms. The molecule has 1 heterocycles. The van der Waals surface area contributed by atoms with E-state index >= 15 is 0 Å². The molecule has 1 saturated heterocycles. The first-order valence-corrected chi connectivity index (χ1v) is 7.83. The Morgan fingerprint density at radius 3 is 3.10 bits per heavy atom. The predicted octanol–water partition coefficient (Wildman–Crippen LogP) is 2.32. The van der Waals surface area contributed by atoms with Gasteiger partial charge >= 0.3 is 0 Å². The second-order valence-electron chi connectivity index (χ2n) is 6.19. The number of hydrogen-bond donors (Lipinski definition) is 1. The molecule has 3 rings (SSSR count). The number of nitrogens with one attached hydrogen (secondary N) is 1. The highest BCUT2D eigenvalue weighted by Crippen LogP contribution is 2.34. The summed E-state index contributed by atoms with van der Waals surface area (Å²) in [5, 5.41) is 3.39. The van der Waals surface area contributed by atoms with Crippen molar-refractivity contribution in [2.75, 3.05) is 19.6 Å². The second-order valence-corrected chi connectivity index (χ2v) is 6.19. The van der Waals surface area contributed by atoms with E-state index in [9.17, 15) is 4.79 Å². The van der Waals surface area contributed by atoms with E-state index in [0.717, 1.165) is 26.1 Å². The van der Waals surface area contributed by atoms with Gasteiger partial charge in [0.05, 0.1) is 0 Å². The van der Waals surface area contributed by atoms with Gasteiger partial charge in [-0.3, -0.25) is 4.79 Å². The maximum atomic E-state index is 12.5. The molecule has 3 heteroatoms. The van der Waals surface area contributed by atoms with E-state index in [4.69, 9.17) is 0 Å². The lowest BCUT2D eigenvalue weighted by atomic mass is 9.81. The number of fused-ring (bicyclic) bond motifs is 1. The van der Waals surface area contributed by atoms with Gasteiger partial charge in [0.2, 0.25) is 5.91 Å². The summed E-state index contributed by atoms with van der Waals surface area (Å²) in [4.78, 5) is 14.6. The van der Waals surface area contributed by atoms with Gasteiger partial charge in [-0.2, -0.15) is 0 Å². The topological polar surface area (TPSA) is 32.3 Å². The normalized spacial score (nSPS) is 26.1. The number of amides is 1. The highest BCUT2D eigenvalue weighted by Gasteiger charge is 2.26. The molecule has 0 aromatic heterocycles. The molecule has 2 aliphatic rings. The third-order valence-corrected chi connectivity index (χ3v) is 4.64. The molecule has 0 saturated carbocycles. The maximum Gasteiger partial charge on any atom is 0.223 e. The van der Waals surface area contributed by atoms with Gasteiger partial charge in [-0.1, -0.05) is 24.3 Å². The zero-order valence-corrected chi connectivity index (χ0v) is 12.3. The quantitative estimate of drug-likeness (QED) is 0.896. The fourth-order valence-corrected chi connectivity index (χ4v) is 3.57. The monoisotopic (exact) mass is 272 g/mol. The number of hydrogen-bond acceptors (Lipinski definition) is 2. The standard InChI is InChI=1S/C17H24N2O/c1-13-12-19(10-9-18-13)17(20)11-15-7-4-6-14-5-2-3-8-16(14)15/h2-3,5,8,13,15,18H,4,6-7,9-12H2,1H3. The zero-order chi connectivity index (χ0) is 13.9. The smallest absolute Gasteiger partial charge is 0.223 e. The van der Waals surface area contributed by atoms with E-state index in [2.05, 4.69) is 36.5 Å². The molecule has 108 valence electrons. The van der Waals surface area contributed by atoms with E-state index in [-0.39, 0.29) is 0 Å². The molecule has 20 heavy (non-hydrogen) atoms. The fraction of sp³-hybridized carbons (Fsp3) is 0.588. The van der Waals surface area contributed by atoms with Crippen molar-refractivity contribution in [2.45, 2.75) is 44.6 Å². The SMILES string of the molecule is CC1CN(C(=O)CC2CCCc3ccccc32)CCN1. The number of benzene rings is 1. The van der Waals surface area contributed by atoms with Crippen LogP contribution in [-0.2, 0) is 11.2 Å². The number of nitrogens with zero attached hydrogens (tertiary/aromatic N) is 1. The second kappa shape index (κ2) is 5.96. The summed E-state index contributed by atoms with van der Waals surface area (Å²) in [6, 6.07) is 9.08. The lowest BCUT2D eigenvalue weighted by Gasteiger charge is -2.34. The summed E-state index contributed by atoms with van der Waals surface area (Å²) in [5.41, 5.74) is 2.86. The number of carbonyl (C=O) groups excluding carboxylic acids is 1. The third kappa shape index (κ3) is 2.88. The Balaban J connectivity index is 1.68. The summed E-state index contributed by atoms with van der Waals surface area (Å²) in [6.07, 6.45) is 4.23. The van der Waals surface area contributed by atoms with Gasteiger partial charge < -0.3 is 10.2 Å². The van der Waals surface area contributed by atoms with Crippen LogP contribution in [0, 0.1) is 0 Å². The average Bonchev–Trinajstić information content (AvgIpc) is 2.47. The Kier molecular flexibility index (Phi) is 4.06. The van der Waals surface area contributed by atoms with E-state index in [1.54, 1.807) is 0 Å². The van der Waals surface area contributed by atoms with Crippen molar-refractivity contribution in [3.05, 3.63) is 35.4 Å². The lowest BCUT2D eigenvalue weighted by Crippen LogP contribution is -2.51. The van der Waals surface area contributed by atoms with Crippen molar-refractivity contribution in [1.29, 1.82) is 0 Å². The van der Waals surface area contributed by atoms with Crippen LogP contribution in [0.15, 0.2) is 24.3 Å². The minimum absolute atomic E-state index is 0.333. The van der Waals surface area contributed by atoms with E-state index in [1.165, 1.54) is 24.0 Å². The predicted molar refractivity (Wildman–Crippen MR) is 80.8 cm³/mol. The van der Waals surface area contributed by atoms with Gasteiger partial charge in [0.1, 0.15) is 0 Å².